The topological polar surface area (TPSA) is 58.1 Å². The SMILES string of the molecule is CC1(NC(=O)c2ccc(C3CCCN(Cc4ccccn4)C3)nc2)CCC1. The van der Waals surface area contributed by atoms with Crippen LogP contribution in [-0.4, -0.2) is 39.4 Å². The number of amides is 1. The molecular weight excluding hydrogens is 336 g/mol. The Bertz CT molecular complexity index is 771. The predicted octanol–water partition coefficient (Wildman–Crippen LogP) is 3.53. The zero-order valence-electron chi connectivity index (χ0n) is 16.0. The molecule has 3 heterocycles. The van der Waals surface area contributed by atoms with Crippen molar-refractivity contribution in [3.05, 3.63) is 59.7 Å². The van der Waals surface area contributed by atoms with Gasteiger partial charge in [-0.05, 0) is 69.8 Å². The normalized spacial score (nSPS) is 22.0. The Morgan fingerprint density at radius 2 is 2.11 bits per heavy atom. The number of piperidine rings is 1. The molecule has 0 aromatic carbocycles. The number of likely N-dealkylation sites (tertiary alicyclic amines) is 1. The van der Waals surface area contributed by atoms with Crippen molar-refractivity contribution >= 4 is 5.91 Å². The van der Waals surface area contributed by atoms with Gasteiger partial charge in [0.15, 0.2) is 0 Å². The molecule has 1 amide bonds. The van der Waals surface area contributed by atoms with Crippen LogP contribution in [0.5, 0.6) is 0 Å². The number of carbonyl (C=O) groups excluding carboxylic acids is 1. The van der Waals surface area contributed by atoms with Gasteiger partial charge in [0, 0.05) is 42.6 Å². The molecule has 0 bridgehead atoms. The Balaban J connectivity index is 1.37. The third-order valence-corrected chi connectivity index (χ3v) is 5.96. The second-order valence-corrected chi connectivity index (χ2v) is 8.24. The highest BCUT2D eigenvalue weighted by molar-refractivity contribution is 5.94. The first-order valence-electron chi connectivity index (χ1n) is 10.0. The number of hydrogen-bond donors (Lipinski definition) is 1. The summed E-state index contributed by atoms with van der Waals surface area (Å²) in [6.45, 7) is 5.10. The van der Waals surface area contributed by atoms with Gasteiger partial charge in [-0.3, -0.25) is 19.7 Å². The van der Waals surface area contributed by atoms with Crippen LogP contribution in [0.25, 0.3) is 0 Å². The van der Waals surface area contributed by atoms with Gasteiger partial charge in [-0.2, -0.15) is 0 Å². The lowest BCUT2D eigenvalue weighted by molar-refractivity contribution is 0.0850. The number of nitrogens with zero attached hydrogens (tertiary/aromatic N) is 3. The maximum atomic E-state index is 12.4. The van der Waals surface area contributed by atoms with Gasteiger partial charge in [-0.15, -0.1) is 0 Å². The lowest BCUT2D eigenvalue weighted by atomic mass is 9.78. The van der Waals surface area contributed by atoms with E-state index in [4.69, 9.17) is 0 Å². The number of carbonyl (C=O) groups is 1. The van der Waals surface area contributed by atoms with Gasteiger partial charge in [0.05, 0.1) is 11.3 Å². The average Bonchev–Trinajstić information content (AvgIpc) is 2.68. The molecule has 2 aromatic rings. The maximum Gasteiger partial charge on any atom is 0.253 e. The van der Waals surface area contributed by atoms with E-state index in [1.807, 2.05) is 30.5 Å². The highest BCUT2D eigenvalue weighted by atomic mass is 16.1. The van der Waals surface area contributed by atoms with Crippen molar-refractivity contribution in [3.63, 3.8) is 0 Å². The van der Waals surface area contributed by atoms with Gasteiger partial charge in [0.25, 0.3) is 5.91 Å². The zero-order chi connectivity index (χ0) is 18.7. The number of nitrogens with one attached hydrogen (secondary N) is 1. The first-order valence-corrected chi connectivity index (χ1v) is 10.0. The van der Waals surface area contributed by atoms with Gasteiger partial charge in [0.2, 0.25) is 0 Å². The van der Waals surface area contributed by atoms with Crippen LogP contribution >= 0.6 is 0 Å². The standard InChI is InChI=1S/C22H28N4O/c1-22(10-5-11-22)25-21(27)17-8-9-20(24-14-17)18-6-4-13-26(15-18)16-19-7-2-3-12-23-19/h2-3,7-9,12,14,18H,4-6,10-11,13,15-16H2,1H3,(H,25,27). The second-order valence-electron chi connectivity index (χ2n) is 8.24. The van der Waals surface area contributed by atoms with Gasteiger partial charge in [0.1, 0.15) is 0 Å². The molecule has 4 rings (SSSR count). The molecule has 0 radical (unpaired) electrons. The Morgan fingerprint density at radius 3 is 2.78 bits per heavy atom. The van der Waals surface area contributed by atoms with Crippen LogP contribution in [0.3, 0.4) is 0 Å². The van der Waals surface area contributed by atoms with E-state index in [-0.39, 0.29) is 11.4 Å². The number of aromatic nitrogens is 2. The minimum absolute atomic E-state index is 0.00308. The Hall–Kier alpha value is -2.27. The van der Waals surface area contributed by atoms with E-state index in [0.29, 0.717) is 11.5 Å². The fourth-order valence-electron chi connectivity index (χ4n) is 4.12. The van der Waals surface area contributed by atoms with Crippen molar-refractivity contribution < 1.29 is 4.79 Å². The molecule has 2 aromatic heterocycles. The minimum atomic E-state index is -0.0227. The predicted molar refractivity (Wildman–Crippen MR) is 105 cm³/mol. The van der Waals surface area contributed by atoms with Crippen molar-refractivity contribution in [2.45, 2.75) is 57.0 Å². The molecule has 1 saturated carbocycles. The summed E-state index contributed by atoms with van der Waals surface area (Å²) in [7, 11) is 0. The quantitative estimate of drug-likeness (QED) is 0.882. The summed E-state index contributed by atoms with van der Waals surface area (Å²) in [6.07, 6.45) is 9.24. The summed E-state index contributed by atoms with van der Waals surface area (Å²) in [5, 5.41) is 3.15. The van der Waals surface area contributed by atoms with E-state index in [0.717, 1.165) is 50.3 Å². The average molecular weight is 364 g/mol. The van der Waals surface area contributed by atoms with E-state index < -0.39 is 0 Å². The summed E-state index contributed by atoms with van der Waals surface area (Å²) in [4.78, 5) is 24.0. The molecule has 142 valence electrons. The highest BCUT2D eigenvalue weighted by Gasteiger charge is 2.33. The Morgan fingerprint density at radius 1 is 1.22 bits per heavy atom. The summed E-state index contributed by atoms with van der Waals surface area (Å²) >= 11 is 0. The lowest BCUT2D eigenvalue weighted by Gasteiger charge is -2.39. The molecule has 1 saturated heterocycles. The lowest BCUT2D eigenvalue weighted by Crippen LogP contribution is -2.50. The Labute approximate surface area is 161 Å². The fraction of sp³-hybridized carbons (Fsp3) is 0.500. The maximum absolute atomic E-state index is 12.4. The van der Waals surface area contributed by atoms with E-state index in [1.54, 1.807) is 6.20 Å². The summed E-state index contributed by atoms with van der Waals surface area (Å²) in [5.74, 6) is 0.417. The molecule has 1 aliphatic carbocycles. The number of rotatable bonds is 5. The second kappa shape index (κ2) is 7.77. The van der Waals surface area contributed by atoms with E-state index >= 15 is 0 Å². The molecular formula is C22H28N4O. The van der Waals surface area contributed by atoms with Crippen LogP contribution in [0.2, 0.25) is 0 Å². The molecule has 0 spiro atoms. The number of hydrogen-bond acceptors (Lipinski definition) is 4. The van der Waals surface area contributed by atoms with Crippen molar-refractivity contribution in [2.75, 3.05) is 13.1 Å². The van der Waals surface area contributed by atoms with Crippen molar-refractivity contribution in [1.29, 1.82) is 0 Å². The summed E-state index contributed by atoms with van der Waals surface area (Å²) in [5.41, 5.74) is 2.84. The van der Waals surface area contributed by atoms with Crippen LogP contribution in [0, 0.1) is 0 Å². The molecule has 2 aliphatic rings. The zero-order valence-corrected chi connectivity index (χ0v) is 16.0. The molecule has 27 heavy (non-hydrogen) atoms. The van der Waals surface area contributed by atoms with Crippen LogP contribution in [0.1, 0.15) is 66.7 Å². The first kappa shape index (κ1) is 18.1. The van der Waals surface area contributed by atoms with Gasteiger partial charge in [-0.1, -0.05) is 6.07 Å². The first-order chi connectivity index (χ1) is 13.1. The largest absolute Gasteiger partial charge is 0.347 e. The highest BCUT2D eigenvalue weighted by Crippen LogP contribution is 2.31. The van der Waals surface area contributed by atoms with Crippen molar-refractivity contribution in [3.8, 4) is 0 Å². The van der Waals surface area contributed by atoms with Crippen molar-refractivity contribution in [2.24, 2.45) is 0 Å². The molecule has 5 heteroatoms. The van der Waals surface area contributed by atoms with Gasteiger partial charge in [-0.25, -0.2) is 0 Å². The molecule has 2 fully saturated rings. The van der Waals surface area contributed by atoms with Crippen LogP contribution < -0.4 is 5.32 Å². The summed E-state index contributed by atoms with van der Waals surface area (Å²) < 4.78 is 0. The third-order valence-electron chi connectivity index (χ3n) is 5.96. The molecule has 1 atom stereocenters. The minimum Gasteiger partial charge on any atom is -0.347 e. The monoisotopic (exact) mass is 364 g/mol. The van der Waals surface area contributed by atoms with Gasteiger partial charge < -0.3 is 5.32 Å². The molecule has 1 aliphatic heterocycles. The molecule has 5 nitrogen and oxygen atoms in total. The molecule has 1 unspecified atom stereocenters. The van der Waals surface area contributed by atoms with Crippen molar-refractivity contribution in [1.82, 2.24) is 20.2 Å². The fourth-order valence-corrected chi connectivity index (χ4v) is 4.12. The number of pyridine rings is 2. The summed E-state index contributed by atoms with van der Waals surface area (Å²) in [6, 6.07) is 10.0. The molecule has 1 N–H and O–H groups in total. The van der Waals surface area contributed by atoms with Crippen LogP contribution in [0.15, 0.2) is 42.7 Å². The van der Waals surface area contributed by atoms with Gasteiger partial charge >= 0.3 is 0 Å². The Kier molecular flexibility index (Phi) is 5.21. The smallest absolute Gasteiger partial charge is 0.253 e. The van der Waals surface area contributed by atoms with Crippen LogP contribution in [-0.2, 0) is 6.54 Å². The van der Waals surface area contributed by atoms with E-state index in [2.05, 4.69) is 33.2 Å². The third kappa shape index (κ3) is 4.35. The van der Waals surface area contributed by atoms with E-state index in [9.17, 15) is 4.79 Å². The van der Waals surface area contributed by atoms with E-state index in [1.165, 1.54) is 12.8 Å². The van der Waals surface area contributed by atoms with Crippen LogP contribution in [0.4, 0.5) is 0 Å².